The molecule has 0 fully saturated rings. The second kappa shape index (κ2) is 5.73. The second-order valence-electron chi connectivity index (χ2n) is 3.54. The molecule has 0 aromatic heterocycles. The number of halogens is 4. The van der Waals surface area contributed by atoms with Gasteiger partial charge < -0.3 is 10.5 Å². The van der Waals surface area contributed by atoms with Gasteiger partial charge in [-0.3, -0.25) is 0 Å². The maximum atomic E-state index is 12.2. The maximum Gasteiger partial charge on any atom is 0.390 e. The van der Waals surface area contributed by atoms with Gasteiger partial charge in [0.1, 0.15) is 5.75 Å². The van der Waals surface area contributed by atoms with Crippen LogP contribution in [0.1, 0.15) is 24.9 Å². The zero-order valence-corrected chi connectivity index (χ0v) is 10.8. The van der Waals surface area contributed by atoms with Crippen LogP contribution in [-0.4, -0.2) is 12.8 Å². The number of ether oxygens (including phenoxy) is 1. The molecule has 0 saturated heterocycles. The van der Waals surface area contributed by atoms with Crippen molar-refractivity contribution in [2.45, 2.75) is 25.6 Å². The van der Waals surface area contributed by atoms with E-state index in [0.29, 0.717) is 22.4 Å². The van der Waals surface area contributed by atoms with Gasteiger partial charge in [-0.1, -0.05) is 22.0 Å². The molecule has 2 N–H and O–H groups in total. The highest BCUT2D eigenvalue weighted by molar-refractivity contribution is 9.10. The molecule has 0 aliphatic carbocycles. The first kappa shape index (κ1) is 14.3. The SMILES string of the molecule is CCOc1ccc(C(N)CC(F)(F)F)c(Br)c1. The summed E-state index contributed by atoms with van der Waals surface area (Å²) in [7, 11) is 0. The fraction of sp³-hybridized carbons (Fsp3) is 0.455. The fourth-order valence-electron chi connectivity index (χ4n) is 1.42. The minimum absolute atomic E-state index is 0.422. The molecule has 0 bridgehead atoms. The van der Waals surface area contributed by atoms with E-state index in [-0.39, 0.29) is 0 Å². The molecule has 1 unspecified atom stereocenters. The van der Waals surface area contributed by atoms with Crippen LogP contribution < -0.4 is 10.5 Å². The van der Waals surface area contributed by atoms with Gasteiger partial charge in [-0.25, -0.2) is 0 Å². The first-order valence-corrected chi connectivity index (χ1v) is 5.87. The van der Waals surface area contributed by atoms with E-state index in [1.807, 2.05) is 6.92 Å². The second-order valence-corrected chi connectivity index (χ2v) is 4.40. The molecular formula is C11H13BrF3NO. The van der Waals surface area contributed by atoms with Crippen molar-refractivity contribution in [3.63, 3.8) is 0 Å². The van der Waals surface area contributed by atoms with Crippen LogP contribution in [0, 0.1) is 0 Å². The van der Waals surface area contributed by atoms with Crippen LogP contribution in [0.3, 0.4) is 0 Å². The molecule has 0 heterocycles. The molecular weight excluding hydrogens is 299 g/mol. The molecule has 1 aromatic rings. The number of alkyl halides is 3. The van der Waals surface area contributed by atoms with Crippen molar-refractivity contribution >= 4 is 15.9 Å². The molecule has 17 heavy (non-hydrogen) atoms. The van der Waals surface area contributed by atoms with Crippen LogP contribution in [0.2, 0.25) is 0 Å². The number of nitrogens with two attached hydrogens (primary N) is 1. The van der Waals surface area contributed by atoms with Crippen molar-refractivity contribution < 1.29 is 17.9 Å². The zero-order valence-electron chi connectivity index (χ0n) is 9.22. The Morgan fingerprint density at radius 2 is 2.06 bits per heavy atom. The molecule has 0 aliphatic heterocycles. The van der Waals surface area contributed by atoms with Gasteiger partial charge in [-0.2, -0.15) is 13.2 Å². The average molecular weight is 312 g/mol. The van der Waals surface area contributed by atoms with E-state index in [9.17, 15) is 13.2 Å². The standard InChI is InChI=1S/C11H13BrF3NO/c1-2-17-7-3-4-8(9(12)5-7)10(16)6-11(13,14)15/h3-5,10H,2,6,16H2,1H3. The van der Waals surface area contributed by atoms with Gasteiger partial charge in [0.2, 0.25) is 0 Å². The van der Waals surface area contributed by atoms with Crippen LogP contribution >= 0.6 is 15.9 Å². The summed E-state index contributed by atoms with van der Waals surface area (Å²) in [6.45, 7) is 2.33. The minimum atomic E-state index is -4.27. The highest BCUT2D eigenvalue weighted by atomic mass is 79.9. The topological polar surface area (TPSA) is 35.2 Å². The Kier molecular flexibility index (Phi) is 4.82. The van der Waals surface area contributed by atoms with Crippen molar-refractivity contribution in [3.8, 4) is 5.75 Å². The van der Waals surface area contributed by atoms with Gasteiger partial charge in [0, 0.05) is 10.5 Å². The summed E-state index contributed by atoms with van der Waals surface area (Å²) in [5.41, 5.74) is 5.94. The van der Waals surface area contributed by atoms with Crippen LogP contribution in [0.4, 0.5) is 13.2 Å². The first-order chi connectivity index (χ1) is 7.83. The molecule has 1 aromatic carbocycles. The number of rotatable bonds is 4. The normalized spacial score (nSPS) is 13.5. The van der Waals surface area contributed by atoms with Crippen molar-refractivity contribution in [3.05, 3.63) is 28.2 Å². The Labute approximate surface area is 106 Å². The van der Waals surface area contributed by atoms with E-state index in [1.54, 1.807) is 18.2 Å². The molecule has 0 amide bonds. The summed E-state index contributed by atoms with van der Waals surface area (Å²) >= 11 is 3.20. The van der Waals surface area contributed by atoms with E-state index in [2.05, 4.69) is 15.9 Å². The summed E-state index contributed by atoms with van der Waals surface area (Å²) in [4.78, 5) is 0. The fourth-order valence-corrected chi connectivity index (χ4v) is 2.08. The van der Waals surface area contributed by atoms with Crippen LogP contribution in [0.5, 0.6) is 5.75 Å². The molecule has 2 nitrogen and oxygen atoms in total. The molecule has 0 spiro atoms. The molecule has 0 radical (unpaired) electrons. The Hall–Kier alpha value is -0.750. The molecule has 1 atom stereocenters. The van der Waals surface area contributed by atoms with Gasteiger partial charge in [-0.05, 0) is 24.6 Å². The first-order valence-electron chi connectivity index (χ1n) is 5.08. The third-order valence-corrected chi connectivity index (χ3v) is 2.82. The van der Waals surface area contributed by atoms with Crippen LogP contribution in [0.15, 0.2) is 22.7 Å². The lowest BCUT2D eigenvalue weighted by molar-refractivity contribution is -0.138. The lowest BCUT2D eigenvalue weighted by Crippen LogP contribution is -2.20. The van der Waals surface area contributed by atoms with Gasteiger partial charge in [0.25, 0.3) is 0 Å². The Bertz CT molecular complexity index is 381. The van der Waals surface area contributed by atoms with E-state index in [4.69, 9.17) is 10.5 Å². The molecule has 0 saturated carbocycles. The largest absolute Gasteiger partial charge is 0.494 e. The van der Waals surface area contributed by atoms with Gasteiger partial charge in [0.05, 0.1) is 13.0 Å². The summed E-state index contributed by atoms with van der Waals surface area (Å²) < 4.78 is 42.4. The lowest BCUT2D eigenvalue weighted by atomic mass is 10.0. The van der Waals surface area contributed by atoms with Gasteiger partial charge in [0.15, 0.2) is 0 Å². The predicted molar refractivity (Wildman–Crippen MR) is 62.9 cm³/mol. The van der Waals surface area contributed by atoms with Crippen molar-refractivity contribution in [1.29, 1.82) is 0 Å². The van der Waals surface area contributed by atoms with Crippen LogP contribution in [-0.2, 0) is 0 Å². The van der Waals surface area contributed by atoms with E-state index >= 15 is 0 Å². The highest BCUT2D eigenvalue weighted by Crippen LogP contribution is 2.33. The number of benzene rings is 1. The van der Waals surface area contributed by atoms with E-state index in [1.165, 1.54) is 0 Å². The monoisotopic (exact) mass is 311 g/mol. The van der Waals surface area contributed by atoms with Crippen LogP contribution in [0.25, 0.3) is 0 Å². The number of hydrogen-bond acceptors (Lipinski definition) is 2. The Balaban J connectivity index is 2.84. The third-order valence-electron chi connectivity index (χ3n) is 2.13. The predicted octanol–water partition coefficient (Wildman–Crippen LogP) is 3.80. The van der Waals surface area contributed by atoms with Crippen molar-refractivity contribution in [1.82, 2.24) is 0 Å². The summed E-state index contributed by atoms with van der Waals surface area (Å²) in [5, 5.41) is 0. The van der Waals surface area contributed by atoms with Crippen molar-refractivity contribution in [2.24, 2.45) is 5.73 Å². The third kappa shape index (κ3) is 4.55. The minimum Gasteiger partial charge on any atom is -0.494 e. The maximum absolute atomic E-state index is 12.2. The van der Waals surface area contributed by atoms with E-state index < -0.39 is 18.6 Å². The highest BCUT2D eigenvalue weighted by Gasteiger charge is 2.31. The Morgan fingerprint density at radius 1 is 1.41 bits per heavy atom. The average Bonchev–Trinajstić information content (AvgIpc) is 2.15. The smallest absolute Gasteiger partial charge is 0.390 e. The van der Waals surface area contributed by atoms with Gasteiger partial charge in [-0.15, -0.1) is 0 Å². The molecule has 96 valence electrons. The summed E-state index contributed by atoms with van der Waals surface area (Å²) in [5.74, 6) is 0.599. The zero-order chi connectivity index (χ0) is 13.1. The van der Waals surface area contributed by atoms with Crippen molar-refractivity contribution in [2.75, 3.05) is 6.61 Å². The van der Waals surface area contributed by atoms with E-state index in [0.717, 1.165) is 0 Å². The number of hydrogen-bond donors (Lipinski definition) is 1. The lowest BCUT2D eigenvalue weighted by Gasteiger charge is -2.16. The summed E-state index contributed by atoms with van der Waals surface area (Å²) in [6.07, 6.45) is -5.31. The molecule has 6 heteroatoms. The van der Waals surface area contributed by atoms with Gasteiger partial charge >= 0.3 is 6.18 Å². The summed E-state index contributed by atoms with van der Waals surface area (Å²) in [6, 6.07) is 3.71. The molecule has 1 rings (SSSR count). The quantitative estimate of drug-likeness (QED) is 0.918. The molecule has 0 aliphatic rings. The Morgan fingerprint density at radius 3 is 2.53 bits per heavy atom.